The molecule has 40 heavy (non-hydrogen) atoms. The van der Waals surface area contributed by atoms with Gasteiger partial charge in [0.2, 0.25) is 6.41 Å². The van der Waals surface area contributed by atoms with Crippen LogP contribution in [0.3, 0.4) is 0 Å². The second-order valence-electron chi connectivity index (χ2n) is 8.92. The second kappa shape index (κ2) is 13.1. The van der Waals surface area contributed by atoms with Crippen molar-refractivity contribution in [2.45, 2.75) is 19.4 Å². The molecule has 0 unspecified atom stereocenters. The molecule has 0 aliphatic carbocycles. The SMILES string of the molecule is CCN(C(=O)c1ccncc1)c1cncnc1N[C@H](C=O)Cc1ccc(N(C)c2ncccc2N(C)C=O)cc1. The molecule has 3 aromatic heterocycles. The van der Waals surface area contributed by atoms with E-state index in [1.54, 1.807) is 54.9 Å². The third-order valence-corrected chi connectivity index (χ3v) is 6.36. The van der Waals surface area contributed by atoms with E-state index >= 15 is 0 Å². The fourth-order valence-electron chi connectivity index (χ4n) is 4.22. The lowest BCUT2D eigenvalue weighted by atomic mass is 10.1. The first-order chi connectivity index (χ1) is 19.5. The van der Waals surface area contributed by atoms with Crippen molar-refractivity contribution in [3.63, 3.8) is 0 Å². The second-order valence-corrected chi connectivity index (χ2v) is 8.92. The standard InChI is InChI=1S/C29H30N8O3/c1-4-37(29(40)22-11-14-30-15-12-22)26-17-31-19-33-27(26)34-23(18-38)16-21-7-9-24(10-8-21)36(3)28-25(35(2)20-39)6-5-13-32-28/h5-15,17-20,23H,4,16H2,1-3H3,(H,31,33,34)/t23-/m0/s1. The summed E-state index contributed by atoms with van der Waals surface area (Å²) in [6.45, 7) is 2.24. The first kappa shape index (κ1) is 27.8. The largest absolute Gasteiger partial charge is 0.358 e. The van der Waals surface area contributed by atoms with Crippen LogP contribution in [0.2, 0.25) is 0 Å². The van der Waals surface area contributed by atoms with Crippen molar-refractivity contribution in [3.05, 3.63) is 90.8 Å². The molecule has 1 atom stereocenters. The average Bonchev–Trinajstić information content (AvgIpc) is 3.01. The molecule has 4 rings (SSSR count). The summed E-state index contributed by atoms with van der Waals surface area (Å²) in [5.74, 6) is 0.797. The van der Waals surface area contributed by atoms with Crippen LogP contribution in [-0.2, 0) is 16.0 Å². The highest BCUT2D eigenvalue weighted by Gasteiger charge is 2.22. The zero-order valence-electron chi connectivity index (χ0n) is 22.5. The fraction of sp³-hybridized carbons (Fsp3) is 0.207. The van der Waals surface area contributed by atoms with Crippen LogP contribution in [0.15, 0.2) is 79.6 Å². The van der Waals surface area contributed by atoms with Crippen molar-refractivity contribution in [1.82, 2.24) is 19.9 Å². The number of aromatic nitrogens is 4. The van der Waals surface area contributed by atoms with Crippen molar-refractivity contribution >= 4 is 47.3 Å². The summed E-state index contributed by atoms with van der Waals surface area (Å²) in [7, 11) is 3.55. The van der Waals surface area contributed by atoms with Gasteiger partial charge in [0.15, 0.2) is 11.6 Å². The Labute approximate surface area is 232 Å². The molecule has 0 aliphatic heterocycles. The molecule has 0 saturated heterocycles. The smallest absolute Gasteiger partial charge is 0.258 e. The van der Waals surface area contributed by atoms with Gasteiger partial charge in [-0.05, 0) is 55.3 Å². The molecule has 4 aromatic rings. The number of aldehydes is 1. The Kier molecular flexibility index (Phi) is 9.08. The zero-order valence-corrected chi connectivity index (χ0v) is 22.5. The van der Waals surface area contributed by atoms with Crippen LogP contribution in [-0.4, -0.2) is 65.2 Å². The first-order valence-electron chi connectivity index (χ1n) is 12.7. The number of nitrogens with zero attached hydrogens (tertiary/aromatic N) is 7. The minimum Gasteiger partial charge on any atom is -0.358 e. The van der Waals surface area contributed by atoms with Gasteiger partial charge in [0.05, 0.1) is 17.9 Å². The lowest BCUT2D eigenvalue weighted by Crippen LogP contribution is -2.33. The van der Waals surface area contributed by atoms with Crippen molar-refractivity contribution in [2.75, 3.05) is 40.7 Å². The number of carbonyl (C=O) groups is 3. The average molecular weight is 539 g/mol. The summed E-state index contributed by atoms with van der Waals surface area (Å²) in [4.78, 5) is 58.3. The van der Waals surface area contributed by atoms with Gasteiger partial charge in [-0.3, -0.25) is 14.6 Å². The maximum Gasteiger partial charge on any atom is 0.258 e. The number of rotatable bonds is 12. The topological polar surface area (TPSA) is 125 Å². The van der Waals surface area contributed by atoms with Crippen molar-refractivity contribution in [2.24, 2.45) is 0 Å². The highest BCUT2D eigenvalue weighted by Crippen LogP contribution is 2.30. The third-order valence-electron chi connectivity index (χ3n) is 6.36. The van der Waals surface area contributed by atoms with Crippen LogP contribution < -0.4 is 20.0 Å². The summed E-state index contributed by atoms with van der Waals surface area (Å²) in [5, 5.41) is 3.17. The molecular weight excluding hydrogens is 508 g/mol. The maximum atomic E-state index is 13.2. The van der Waals surface area contributed by atoms with Gasteiger partial charge in [-0.25, -0.2) is 15.0 Å². The number of amides is 2. The predicted molar refractivity (Wildman–Crippen MR) is 154 cm³/mol. The molecular formula is C29H30N8O3. The zero-order chi connectivity index (χ0) is 28.5. The third kappa shape index (κ3) is 6.26. The Morgan fingerprint density at radius 1 is 0.950 bits per heavy atom. The molecule has 0 fully saturated rings. The van der Waals surface area contributed by atoms with Crippen LogP contribution in [0.4, 0.5) is 28.7 Å². The highest BCUT2D eigenvalue weighted by atomic mass is 16.2. The van der Waals surface area contributed by atoms with Crippen molar-refractivity contribution in [3.8, 4) is 0 Å². The van der Waals surface area contributed by atoms with Crippen molar-refractivity contribution < 1.29 is 14.4 Å². The molecule has 0 bridgehead atoms. The van der Waals surface area contributed by atoms with E-state index in [4.69, 9.17) is 0 Å². The fourth-order valence-corrected chi connectivity index (χ4v) is 4.22. The van der Waals surface area contributed by atoms with Gasteiger partial charge in [-0.2, -0.15) is 0 Å². The number of benzene rings is 1. The van der Waals surface area contributed by atoms with Crippen LogP contribution in [0.5, 0.6) is 0 Å². The Balaban J connectivity index is 1.50. The van der Waals surface area contributed by atoms with E-state index in [0.717, 1.165) is 23.9 Å². The summed E-state index contributed by atoms with van der Waals surface area (Å²) in [6, 6.07) is 14.0. The van der Waals surface area contributed by atoms with Crippen LogP contribution >= 0.6 is 0 Å². The lowest BCUT2D eigenvalue weighted by Gasteiger charge is -2.25. The first-order valence-corrected chi connectivity index (χ1v) is 12.7. The number of carbonyl (C=O) groups excluding carboxylic acids is 3. The molecule has 0 aliphatic rings. The molecule has 0 saturated carbocycles. The van der Waals surface area contributed by atoms with Crippen molar-refractivity contribution in [1.29, 1.82) is 0 Å². The molecule has 204 valence electrons. The summed E-state index contributed by atoms with van der Waals surface area (Å²) in [5.41, 5.74) is 3.42. The molecule has 2 amide bonds. The van der Waals surface area contributed by atoms with Gasteiger partial charge in [0.1, 0.15) is 18.3 Å². The Morgan fingerprint density at radius 3 is 2.38 bits per heavy atom. The van der Waals surface area contributed by atoms with Gasteiger partial charge >= 0.3 is 0 Å². The van der Waals surface area contributed by atoms with Crippen LogP contribution in [0.1, 0.15) is 22.8 Å². The molecule has 1 N–H and O–H groups in total. The number of hydrogen-bond donors (Lipinski definition) is 1. The van der Waals surface area contributed by atoms with E-state index < -0.39 is 6.04 Å². The van der Waals surface area contributed by atoms with Gasteiger partial charge in [0, 0.05) is 50.5 Å². The molecule has 3 heterocycles. The van der Waals surface area contributed by atoms with Gasteiger partial charge in [-0.15, -0.1) is 0 Å². The number of pyridine rings is 2. The number of hydrogen-bond acceptors (Lipinski definition) is 9. The monoisotopic (exact) mass is 538 g/mol. The quantitative estimate of drug-likeness (QED) is 0.270. The Morgan fingerprint density at radius 2 is 1.70 bits per heavy atom. The summed E-state index contributed by atoms with van der Waals surface area (Å²) < 4.78 is 0. The molecule has 0 radical (unpaired) electrons. The molecule has 11 nitrogen and oxygen atoms in total. The van der Waals surface area contributed by atoms with E-state index in [2.05, 4.69) is 25.3 Å². The van der Waals surface area contributed by atoms with E-state index in [9.17, 15) is 14.4 Å². The molecule has 0 spiro atoms. The molecule has 1 aromatic carbocycles. The van der Waals surface area contributed by atoms with Gasteiger partial charge in [0.25, 0.3) is 5.91 Å². The lowest BCUT2D eigenvalue weighted by molar-refractivity contribution is -0.108. The summed E-state index contributed by atoms with van der Waals surface area (Å²) >= 11 is 0. The minimum atomic E-state index is -0.601. The van der Waals surface area contributed by atoms with E-state index in [-0.39, 0.29) is 5.91 Å². The van der Waals surface area contributed by atoms with Crippen LogP contribution in [0.25, 0.3) is 0 Å². The number of anilines is 5. The predicted octanol–water partition coefficient (Wildman–Crippen LogP) is 3.52. The summed E-state index contributed by atoms with van der Waals surface area (Å²) in [6.07, 6.45) is 9.68. The minimum absolute atomic E-state index is 0.222. The highest BCUT2D eigenvalue weighted by molar-refractivity contribution is 6.07. The van der Waals surface area contributed by atoms with E-state index in [1.807, 2.05) is 49.2 Å². The Bertz CT molecular complexity index is 1450. The van der Waals surface area contributed by atoms with E-state index in [0.29, 0.717) is 41.5 Å². The van der Waals surface area contributed by atoms with Crippen LogP contribution in [0, 0.1) is 0 Å². The van der Waals surface area contributed by atoms with Gasteiger partial charge in [-0.1, -0.05) is 12.1 Å². The van der Waals surface area contributed by atoms with E-state index in [1.165, 1.54) is 11.2 Å². The normalized spacial score (nSPS) is 11.3. The molecule has 11 heteroatoms. The van der Waals surface area contributed by atoms with Gasteiger partial charge < -0.3 is 24.8 Å². The number of nitrogens with one attached hydrogen (secondary N) is 1. The Hall–Kier alpha value is -5.19. The maximum absolute atomic E-state index is 13.2.